The van der Waals surface area contributed by atoms with Crippen LogP contribution in [0.25, 0.3) is 0 Å². The quantitative estimate of drug-likeness (QED) is 0.0631. The van der Waals surface area contributed by atoms with E-state index in [1.807, 2.05) is 0 Å². The lowest BCUT2D eigenvalue weighted by Crippen LogP contribution is -2.55. The van der Waals surface area contributed by atoms with Crippen molar-refractivity contribution < 1.29 is 54.1 Å². The number of carbonyl (C=O) groups is 3. The van der Waals surface area contributed by atoms with Crippen LogP contribution < -0.4 is 34.1 Å². The third kappa shape index (κ3) is 10.5. The summed E-state index contributed by atoms with van der Waals surface area (Å²) in [6, 6.07) is 0. The number of rotatable bonds is 20. The molecule has 0 amide bonds. The minimum Gasteiger partial charge on any atom is -0.469 e. The average molecular weight is 707 g/mol. The fourth-order valence-electron chi connectivity index (χ4n) is 4.23. The summed E-state index contributed by atoms with van der Waals surface area (Å²) in [6.45, 7) is -6.74. The summed E-state index contributed by atoms with van der Waals surface area (Å²) in [6.07, 6.45) is -4.99. The summed E-state index contributed by atoms with van der Waals surface area (Å²) in [5.41, 5.74) is -6.96. The minimum absolute atomic E-state index is 0.462. The number of hydrogen-bond donors (Lipinski definition) is 5. The van der Waals surface area contributed by atoms with Gasteiger partial charge in [-0.25, -0.2) is 56.2 Å². The van der Waals surface area contributed by atoms with Crippen LogP contribution >= 0.6 is 0 Å². The van der Waals surface area contributed by atoms with Crippen molar-refractivity contribution in [2.75, 3.05) is 40.1 Å². The van der Waals surface area contributed by atoms with Gasteiger partial charge in [0.1, 0.15) is 25.4 Å². The van der Waals surface area contributed by atoms with Gasteiger partial charge in [-0.1, -0.05) is 0 Å². The first-order valence-corrected chi connectivity index (χ1v) is 14.7. The number of hydrogen-bond acceptors (Lipinski definition) is 17. The molecule has 0 saturated heterocycles. The SMILES string of the molecule is COC(=O)CCn1c(=O)n(CCC(=O)OCCn2c(=O)n(CCO)c(=O)n(CCO)c2=O)c(=O)n(CCC(=O)OCC(O)C(O)CO)c1=O. The first-order valence-electron chi connectivity index (χ1n) is 14.7. The molecule has 0 bridgehead atoms. The van der Waals surface area contributed by atoms with E-state index in [4.69, 9.17) is 14.6 Å². The second-order valence-electron chi connectivity index (χ2n) is 10.1. The standard InChI is InChI=1S/C26H38N6O17/c1-47-18(38)2-5-27-21(41)28(23(43)29(22(27)42)7-4-20(40)49-15-17(37)16(36)14-35)6-3-19(39)48-13-10-32-25(45)30(8-11-33)24(44)31(9-12-34)26(32)46/h16-17,33-37H,2-15H2,1H3. The maximum atomic E-state index is 13.1. The highest BCUT2D eigenvalue weighted by molar-refractivity contribution is 5.69. The molecule has 0 fully saturated rings. The van der Waals surface area contributed by atoms with Crippen molar-refractivity contribution >= 4 is 17.9 Å². The third-order valence-electron chi connectivity index (χ3n) is 6.89. The predicted octanol–water partition coefficient (Wildman–Crippen LogP) is -7.51. The molecule has 0 radical (unpaired) electrons. The normalized spacial score (nSPS) is 12.4. The zero-order valence-electron chi connectivity index (χ0n) is 26.4. The summed E-state index contributed by atoms with van der Waals surface area (Å²) >= 11 is 0. The zero-order chi connectivity index (χ0) is 36.8. The summed E-state index contributed by atoms with van der Waals surface area (Å²) in [5, 5.41) is 46.2. The number of nitrogens with zero attached hydrogens (tertiary/aromatic N) is 6. The van der Waals surface area contributed by atoms with Crippen LogP contribution in [-0.4, -0.2) is 123 Å². The van der Waals surface area contributed by atoms with E-state index in [1.54, 1.807) is 0 Å². The van der Waals surface area contributed by atoms with E-state index in [9.17, 15) is 63.6 Å². The Hall–Kier alpha value is -4.97. The lowest BCUT2D eigenvalue weighted by Gasteiger charge is -2.16. The predicted molar refractivity (Wildman–Crippen MR) is 159 cm³/mol. The van der Waals surface area contributed by atoms with E-state index in [0.29, 0.717) is 27.4 Å². The van der Waals surface area contributed by atoms with Gasteiger partial charge in [0.15, 0.2) is 0 Å². The molecule has 2 unspecified atom stereocenters. The fourth-order valence-corrected chi connectivity index (χ4v) is 4.23. The Morgan fingerprint density at radius 1 is 0.531 bits per heavy atom. The largest absolute Gasteiger partial charge is 0.469 e. The summed E-state index contributed by atoms with van der Waals surface area (Å²) in [7, 11) is 1.06. The molecule has 274 valence electrons. The summed E-state index contributed by atoms with van der Waals surface area (Å²) in [5.74, 6) is -2.88. The highest BCUT2D eigenvalue weighted by atomic mass is 16.5. The second-order valence-corrected chi connectivity index (χ2v) is 10.1. The second kappa shape index (κ2) is 19.1. The van der Waals surface area contributed by atoms with E-state index in [0.717, 1.165) is 7.11 Å². The molecule has 0 spiro atoms. The van der Waals surface area contributed by atoms with Gasteiger partial charge in [0, 0.05) is 19.6 Å². The molecule has 0 aliphatic rings. The monoisotopic (exact) mass is 706 g/mol. The lowest BCUT2D eigenvalue weighted by atomic mass is 10.2. The molecule has 2 heterocycles. The van der Waals surface area contributed by atoms with Crippen LogP contribution in [-0.2, 0) is 67.9 Å². The van der Waals surface area contributed by atoms with E-state index in [1.165, 1.54) is 0 Å². The molecule has 0 aliphatic carbocycles. The van der Waals surface area contributed by atoms with Crippen molar-refractivity contribution in [2.24, 2.45) is 0 Å². The molecule has 2 atom stereocenters. The number of ether oxygens (including phenoxy) is 3. The maximum absolute atomic E-state index is 13.1. The van der Waals surface area contributed by atoms with Crippen LogP contribution in [0.4, 0.5) is 0 Å². The topological polar surface area (TPSA) is 312 Å². The van der Waals surface area contributed by atoms with E-state index < -0.39 is 156 Å². The number of carbonyl (C=O) groups excluding carboxylic acids is 3. The highest BCUT2D eigenvalue weighted by Crippen LogP contribution is 1.97. The molecule has 23 heteroatoms. The Labute approximate surface area is 273 Å². The van der Waals surface area contributed by atoms with Gasteiger partial charge in [0.05, 0.1) is 65.8 Å². The Bertz CT molecular complexity index is 1790. The highest BCUT2D eigenvalue weighted by Gasteiger charge is 2.21. The number of aromatic nitrogens is 6. The fraction of sp³-hybridized carbons (Fsp3) is 0.654. The molecule has 0 aliphatic heterocycles. The van der Waals surface area contributed by atoms with Gasteiger partial charge in [0.2, 0.25) is 0 Å². The molecule has 2 rings (SSSR count). The van der Waals surface area contributed by atoms with E-state index in [-0.39, 0.29) is 0 Å². The van der Waals surface area contributed by atoms with Gasteiger partial charge in [-0.15, -0.1) is 0 Å². The molecule has 0 saturated carbocycles. The first kappa shape index (κ1) is 40.2. The lowest BCUT2D eigenvalue weighted by molar-refractivity contribution is -0.150. The van der Waals surface area contributed by atoms with E-state index >= 15 is 0 Å². The molecular formula is C26H38N6O17. The summed E-state index contributed by atoms with van der Waals surface area (Å²) < 4.78 is 17.4. The number of aliphatic hydroxyl groups excluding tert-OH is 5. The molecule has 2 aromatic heterocycles. The molecule has 2 aromatic rings. The Morgan fingerprint density at radius 2 is 0.878 bits per heavy atom. The van der Waals surface area contributed by atoms with Crippen LogP contribution in [0.15, 0.2) is 28.8 Å². The minimum atomic E-state index is -1.62. The van der Waals surface area contributed by atoms with Crippen LogP contribution in [0.2, 0.25) is 0 Å². The van der Waals surface area contributed by atoms with Crippen LogP contribution in [0.5, 0.6) is 0 Å². The first-order chi connectivity index (χ1) is 23.2. The van der Waals surface area contributed by atoms with Gasteiger partial charge < -0.3 is 39.7 Å². The smallest absolute Gasteiger partial charge is 0.336 e. The third-order valence-corrected chi connectivity index (χ3v) is 6.89. The molecular weight excluding hydrogens is 668 g/mol. The van der Waals surface area contributed by atoms with Crippen LogP contribution in [0.1, 0.15) is 19.3 Å². The molecule has 0 aromatic carbocycles. The van der Waals surface area contributed by atoms with Crippen molar-refractivity contribution in [1.29, 1.82) is 0 Å². The van der Waals surface area contributed by atoms with Crippen molar-refractivity contribution in [2.45, 2.75) is 70.7 Å². The van der Waals surface area contributed by atoms with Gasteiger partial charge in [-0.3, -0.25) is 14.4 Å². The zero-order valence-corrected chi connectivity index (χ0v) is 26.4. The van der Waals surface area contributed by atoms with Crippen molar-refractivity contribution in [3.05, 3.63) is 62.9 Å². The van der Waals surface area contributed by atoms with Crippen molar-refractivity contribution in [3.63, 3.8) is 0 Å². The number of esters is 3. The number of methoxy groups -OCH3 is 1. The number of aliphatic hydroxyl groups is 5. The Morgan fingerprint density at radius 3 is 1.24 bits per heavy atom. The molecule has 49 heavy (non-hydrogen) atoms. The van der Waals surface area contributed by atoms with Crippen LogP contribution in [0, 0.1) is 0 Å². The van der Waals surface area contributed by atoms with Gasteiger partial charge >= 0.3 is 52.0 Å². The average Bonchev–Trinajstić information content (AvgIpc) is 3.08. The van der Waals surface area contributed by atoms with E-state index in [2.05, 4.69) is 4.74 Å². The van der Waals surface area contributed by atoms with Gasteiger partial charge in [-0.05, 0) is 0 Å². The molecule has 23 nitrogen and oxygen atoms in total. The van der Waals surface area contributed by atoms with Crippen molar-refractivity contribution in [1.82, 2.24) is 27.4 Å². The van der Waals surface area contributed by atoms with Gasteiger partial charge in [-0.2, -0.15) is 0 Å². The Balaban J connectivity index is 2.25. The Kier molecular flexibility index (Phi) is 15.7. The summed E-state index contributed by atoms with van der Waals surface area (Å²) in [4.78, 5) is 113. The van der Waals surface area contributed by atoms with Crippen molar-refractivity contribution in [3.8, 4) is 0 Å². The van der Waals surface area contributed by atoms with Gasteiger partial charge in [0.25, 0.3) is 0 Å². The maximum Gasteiger partial charge on any atom is 0.336 e. The van der Waals surface area contributed by atoms with Crippen LogP contribution in [0.3, 0.4) is 0 Å². The molecule has 5 N–H and O–H groups in total.